The van der Waals surface area contributed by atoms with Crippen molar-refractivity contribution in [3.63, 3.8) is 0 Å². The smallest absolute Gasteiger partial charge is 0.265 e. The molecule has 1 amide bonds. The molecule has 1 aliphatic heterocycles. The van der Waals surface area contributed by atoms with Crippen LogP contribution in [0.5, 0.6) is 0 Å². The van der Waals surface area contributed by atoms with Crippen LogP contribution in [0.2, 0.25) is 0 Å². The number of carbonyl (C=O) groups is 1. The van der Waals surface area contributed by atoms with Crippen molar-refractivity contribution >= 4 is 39.8 Å². The third-order valence-corrected chi connectivity index (χ3v) is 4.38. The van der Waals surface area contributed by atoms with E-state index in [1.807, 2.05) is 16.3 Å². The average molecular weight is 322 g/mol. The Morgan fingerprint density at radius 1 is 1.50 bits per heavy atom. The Balaban J connectivity index is 2.11. The molecule has 1 fully saturated rings. The quantitative estimate of drug-likeness (QED) is 0.793. The van der Waals surface area contributed by atoms with Gasteiger partial charge in [-0.15, -0.1) is 11.3 Å². The molecule has 0 spiro atoms. The number of carbonyl (C=O) groups excluding carboxylic acids is 1. The zero-order valence-corrected chi connectivity index (χ0v) is 10.6. The number of piperazine rings is 1. The summed E-state index contributed by atoms with van der Waals surface area (Å²) in [5, 5.41) is 5.21. The highest BCUT2D eigenvalue weighted by Crippen LogP contribution is 2.20. The van der Waals surface area contributed by atoms with Crippen LogP contribution in [0.15, 0.2) is 11.4 Å². The number of nitrogens with zero attached hydrogens (tertiary/aromatic N) is 1. The van der Waals surface area contributed by atoms with Crippen LogP contribution in [0.1, 0.15) is 9.67 Å². The maximum atomic E-state index is 12.0. The number of hydrogen-bond acceptors (Lipinski definition) is 3. The summed E-state index contributed by atoms with van der Waals surface area (Å²) in [6.07, 6.45) is 0. The second-order valence-corrected chi connectivity index (χ2v) is 5.22. The van der Waals surface area contributed by atoms with Crippen molar-refractivity contribution in [2.45, 2.75) is 0 Å². The SMILES string of the molecule is O=C(c1sccc1I)N1CCNCC1. The van der Waals surface area contributed by atoms with Gasteiger partial charge in [0.25, 0.3) is 5.91 Å². The highest BCUT2D eigenvalue weighted by atomic mass is 127. The lowest BCUT2D eigenvalue weighted by Gasteiger charge is -2.27. The fraction of sp³-hybridized carbons (Fsp3) is 0.444. The molecule has 3 nitrogen and oxygen atoms in total. The first-order valence-electron chi connectivity index (χ1n) is 4.52. The molecule has 5 heteroatoms. The fourth-order valence-corrected chi connectivity index (χ4v) is 3.24. The van der Waals surface area contributed by atoms with Gasteiger partial charge in [-0.1, -0.05) is 0 Å². The molecular weight excluding hydrogens is 311 g/mol. The second-order valence-electron chi connectivity index (χ2n) is 3.14. The Morgan fingerprint density at radius 2 is 2.21 bits per heavy atom. The van der Waals surface area contributed by atoms with Crippen molar-refractivity contribution in [2.24, 2.45) is 0 Å². The van der Waals surface area contributed by atoms with Crippen LogP contribution in [0.3, 0.4) is 0 Å². The third-order valence-electron chi connectivity index (χ3n) is 2.22. The molecule has 0 aliphatic carbocycles. The number of rotatable bonds is 1. The van der Waals surface area contributed by atoms with Gasteiger partial charge < -0.3 is 10.2 Å². The van der Waals surface area contributed by atoms with Gasteiger partial charge in [0.15, 0.2) is 0 Å². The molecule has 2 heterocycles. The van der Waals surface area contributed by atoms with Crippen LogP contribution in [-0.4, -0.2) is 37.0 Å². The van der Waals surface area contributed by atoms with Crippen LogP contribution in [0.25, 0.3) is 0 Å². The topological polar surface area (TPSA) is 32.3 Å². The summed E-state index contributed by atoms with van der Waals surface area (Å²) in [5.74, 6) is 0.186. The fourth-order valence-electron chi connectivity index (χ4n) is 1.46. The predicted octanol–water partition coefficient (Wildman–Crippen LogP) is 1.40. The van der Waals surface area contributed by atoms with Gasteiger partial charge in [0.1, 0.15) is 4.88 Å². The normalized spacial score (nSPS) is 17.1. The molecule has 1 aromatic rings. The van der Waals surface area contributed by atoms with Crippen molar-refractivity contribution in [3.8, 4) is 0 Å². The minimum absolute atomic E-state index is 0.186. The maximum Gasteiger partial charge on any atom is 0.265 e. The number of thiophene rings is 1. The molecule has 0 unspecified atom stereocenters. The molecule has 0 bridgehead atoms. The maximum absolute atomic E-state index is 12.0. The highest BCUT2D eigenvalue weighted by molar-refractivity contribution is 14.1. The van der Waals surface area contributed by atoms with E-state index in [1.54, 1.807) is 0 Å². The molecule has 2 rings (SSSR count). The molecule has 1 N–H and O–H groups in total. The van der Waals surface area contributed by atoms with Gasteiger partial charge in [0.05, 0.1) is 0 Å². The van der Waals surface area contributed by atoms with E-state index in [9.17, 15) is 4.79 Å². The monoisotopic (exact) mass is 322 g/mol. The minimum atomic E-state index is 0.186. The lowest BCUT2D eigenvalue weighted by atomic mass is 10.3. The summed E-state index contributed by atoms with van der Waals surface area (Å²) in [6.45, 7) is 3.47. The summed E-state index contributed by atoms with van der Waals surface area (Å²) >= 11 is 3.75. The molecule has 14 heavy (non-hydrogen) atoms. The van der Waals surface area contributed by atoms with Gasteiger partial charge in [0.2, 0.25) is 0 Å². The molecule has 0 aromatic carbocycles. The first kappa shape index (κ1) is 10.4. The molecule has 1 aliphatic rings. The number of amides is 1. The van der Waals surface area contributed by atoms with Gasteiger partial charge in [-0.2, -0.15) is 0 Å². The van der Waals surface area contributed by atoms with Crippen molar-refractivity contribution in [2.75, 3.05) is 26.2 Å². The van der Waals surface area contributed by atoms with Gasteiger partial charge in [-0.25, -0.2) is 0 Å². The zero-order valence-electron chi connectivity index (χ0n) is 7.62. The van der Waals surface area contributed by atoms with Gasteiger partial charge in [-0.05, 0) is 34.0 Å². The Labute approximate surface area is 101 Å². The molecule has 1 aromatic heterocycles. The van der Waals surface area contributed by atoms with E-state index < -0.39 is 0 Å². The summed E-state index contributed by atoms with van der Waals surface area (Å²) in [4.78, 5) is 14.8. The van der Waals surface area contributed by atoms with Crippen LogP contribution in [0, 0.1) is 3.57 Å². The van der Waals surface area contributed by atoms with Crippen molar-refractivity contribution in [1.29, 1.82) is 0 Å². The van der Waals surface area contributed by atoms with E-state index in [2.05, 4.69) is 27.9 Å². The molecule has 1 saturated heterocycles. The summed E-state index contributed by atoms with van der Waals surface area (Å²) in [5.41, 5.74) is 0. The lowest BCUT2D eigenvalue weighted by Crippen LogP contribution is -2.46. The summed E-state index contributed by atoms with van der Waals surface area (Å²) in [7, 11) is 0. The van der Waals surface area contributed by atoms with E-state index in [0.717, 1.165) is 34.6 Å². The first-order valence-corrected chi connectivity index (χ1v) is 6.48. The molecule has 76 valence electrons. The first-order chi connectivity index (χ1) is 6.79. The number of halogens is 1. The minimum Gasteiger partial charge on any atom is -0.335 e. The van der Waals surface area contributed by atoms with E-state index in [-0.39, 0.29) is 5.91 Å². The number of hydrogen-bond donors (Lipinski definition) is 1. The van der Waals surface area contributed by atoms with Crippen LogP contribution < -0.4 is 5.32 Å². The molecule has 0 atom stereocenters. The second kappa shape index (κ2) is 4.59. The molecule has 0 saturated carbocycles. The van der Waals surface area contributed by atoms with Crippen molar-refractivity contribution in [1.82, 2.24) is 10.2 Å². The Morgan fingerprint density at radius 3 is 2.79 bits per heavy atom. The van der Waals surface area contributed by atoms with E-state index in [1.165, 1.54) is 11.3 Å². The van der Waals surface area contributed by atoms with Gasteiger partial charge >= 0.3 is 0 Å². The molecule has 0 radical (unpaired) electrons. The standard InChI is InChI=1S/C9H11IN2OS/c10-7-1-6-14-8(7)9(13)12-4-2-11-3-5-12/h1,6,11H,2-5H2. The summed E-state index contributed by atoms with van der Waals surface area (Å²) in [6, 6.07) is 1.99. The van der Waals surface area contributed by atoms with Crippen molar-refractivity contribution < 1.29 is 4.79 Å². The van der Waals surface area contributed by atoms with Gasteiger partial charge in [0, 0.05) is 29.7 Å². The van der Waals surface area contributed by atoms with E-state index >= 15 is 0 Å². The van der Waals surface area contributed by atoms with Crippen molar-refractivity contribution in [3.05, 3.63) is 19.9 Å². The number of nitrogens with one attached hydrogen (secondary N) is 1. The molecular formula is C9H11IN2OS. The largest absolute Gasteiger partial charge is 0.335 e. The lowest BCUT2D eigenvalue weighted by molar-refractivity contribution is 0.0740. The Bertz CT molecular complexity index is 333. The van der Waals surface area contributed by atoms with Crippen LogP contribution >= 0.6 is 33.9 Å². The van der Waals surface area contributed by atoms with Gasteiger partial charge in [-0.3, -0.25) is 4.79 Å². The third kappa shape index (κ3) is 2.09. The van der Waals surface area contributed by atoms with Crippen LogP contribution in [0.4, 0.5) is 0 Å². The van der Waals surface area contributed by atoms with E-state index in [4.69, 9.17) is 0 Å². The Kier molecular flexibility index (Phi) is 3.40. The zero-order chi connectivity index (χ0) is 9.97. The van der Waals surface area contributed by atoms with E-state index in [0.29, 0.717) is 0 Å². The average Bonchev–Trinajstić information content (AvgIpc) is 2.65. The highest BCUT2D eigenvalue weighted by Gasteiger charge is 2.20. The summed E-state index contributed by atoms with van der Waals surface area (Å²) < 4.78 is 1.07. The predicted molar refractivity (Wildman–Crippen MR) is 65.8 cm³/mol. The van der Waals surface area contributed by atoms with Crippen LogP contribution in [-0.2, 0) is 0 Å². The Hall–Kier alpha value is -0.140.